The standard InChI is InChI=1S/C15H24/c1-10(2)13-8-6-12(4)14-7-5-11(3)9-15(13)14/h9-11,13H,5-8H2,1-4H3/t11-,13+/m0/s1. The first-order chi connectivity index (χ1) is 7.09. The third-order valence-corrected chi connectivity index (χ3v) is 4.21. The Morgan fingerprint density at radius 3 is 2.60 bits per heavy atom. The Labute approximate surface area is 94.5 Å². The largest absolute Gasteiger partial charge is 0.0779 e. The third-order valence-electron chi connectivity index (χ3n) is 4.21. The molecule has 2 atom stereocenters. The van der Waals surface area contributed by atoms with Gasteiger partial charge in [-0.05, 0) is 61.5 Å². The maximum Gasteiger partial charge on any atom is -0.0136 e. The van der Waals surface area contributed by atoms with Crippen LogP contribution in [0.5, 0.6) is 0 Å². The molecule has 0 radical (unpaired) electrons. The van der Waals surface area contributed by atoms with Crippen LogP contribution in [-0.4, -0.2) is 0 Å². The summed E-state index contributed by atoms with van der Waals surface area (Å²) in [5.74, 6) is 2.45. The van der Waals surface area contributed by atoms with Crippen molar-refractivity contribution < 1.29 is 0 Å². The highest BCUT2D eigenvalue weighted by Crippen LogP contribution is 2.43. The van der Waals surface area contributed by atoms with Crippen molar-refractivity contribution in [2.45, 2.75) is 53.4 Å². The van der Waals surface area contributed by atoms with E-state index >= 15 is 0 Å². The van der Waals surface area contributed by atoms with Crippen LogP contribution in [0, 0.1) is 17.8 Å². The second kappa shape index (κ2) is 4.15. The van der Waals surface area contributed by atoms with E-state index in [1.54, 1.807) is 16.7 Å². The van der Waals surface area contributed by atoms with Crippen molar-refractivity contribution in [1.82, 2.24) is 0 Å². The van der Waals surface area contributed by atoms with Crippen molar-refractivity contribution in [3.63, 3.8) is 0 Å². The van der Waals surface area contributed by atoms with E-state index in [9.17, 15) is 0 Å². The zero-order chi connectivity index (χ0) is 11.0. The second-order valence-corrected chi connectivity index (χ2v) is 5.79. The summed E-state index contributed by atoms with van der Waals surface area (Å²) in [6.07, 6.45) is 7.98. The fraction of sp³-hybridized carbons (Fsp3) is 0.733. The highest BCUT2D eigenvalue weighted by Gasteiger charge is 2.29. The Bertz CT molecular complexity index is 304. The molecule has 0 spiro atoms. The van der Waals surface area contributed by atoms with E-state index in [1.165, 1.54) is 25.7 Å². The molecule has 84 valence electrons. The van der Waals surface area contributed by atoms with Gasteiger partial charge >= 0.3 is 0 Å². The molecule has 0 N–H and O–H groups in total. The van der Waals surface area contributed by atoms with Gasteiger partial charge in [-0.2, -0.15) is 0 Å². The molecule has 2 aliphatic rings. The van der Waals surface area contributed by atoms with E-state index in [-0.39, 0.29) is 0 Å². The summed E-state index contributed by atoms with van der Waals surface area (Å²) in [6.45, 7) is 9.47. The molecule has 15 heavy (non-hydrogen) atoms. The summed E-state index contributed by atoms with van der Waals surface area (Å²) in [7, 11) is 0. The molecule has 0 heterocycles. The highest BCUT2D eigenvalue weighted by molar-refractivity contribution is 5.41. The first kappa shape index (κ1) is 11.0. The van der Waals surface area contributed by atoms with E-state index in [0.29, 0.717) is 0 Å². The van der Waals surface area contributed by atoms with E-state index in [1.807, 2.05) is 0 Å². The van der Waals surface area contributed by atoms with Crippen LogP contribution in [0.2, 0.25) is 0 Å². The molecular formula is C15H24. The Morgan fingerprint density at radius 1 is 1.20 bits per heavy atom. The Morgan fingerprint density at radius 2 is 1.93 bits per heavy atom. The zero-order valence-corrected chi connectivity index (χ0v) is 10.6. The maximum atomic E-state index is 2.56. The minimum atomic E-state index is 0.802. The molecule has 2 rings (SSSR count). The van der Waals surface area contributed by atoms with Gasteiger partial charge in [0.25, 0.3) is 0 Å². The van der Waals surface area contributed by atoms with Crippen LogP contribution in [0.25, 0.3) is 0 Å². The monoisotopic (exact) mass is 204 g/mol. The maximum absolute atomic E-state index is 2.56. The first-order valence-electron chi connectivity index (χ1n) is 6.50. The summed E-state index contributed by atoms with van der Waals surface area (Å²) < 4.78 is 0. The van der Waals surface area contributed by atoms with Crippen molar-refractivity contribution in [3.8, 4) is 0 Å². The van der Waals surface area contributed by atoms with Gasteiger partial charge in [0.05, 0.1) is 0 Å². The Balaban J connectivity index is 2.36. The van der Waals surface area contributed by atoms with Crippen LogP contribution in [0.4, 0.5) is 0 Å². The lowest BCUT2D eigenvalue weighted by Gasteiger charge is -2.35. The lowest BCUT2D eigenvalue weighted by atomic mass is 9.70. The van der Waals surface area contributed by atoms with E-state index in [2.05, 4.69) is 33.8 Å². The van der Waals surface area contributed by atoms with E-state index in [0.717, 1.165) is 17.8 Å². The SMILES string of the molecule is CC1=C2CC[C@H](C)C=C2[C@@H](C(C)C)CC1. The van der Waals surface area contributed by atoms with Gasteiger partial charge in [0, 0.05) is 0 Å². The van der Waals surface area contributed by atoms with Crippen LogP contribution >= 0.6 is 0 Å². The second-order valence-electron chi connectivity index (χ2n) is 5.79. The molecule has 0 heteroatoms. The number of fused-ring (bicyclic) bond motifs is 1. The predicted molar refractivity (Wildman–Crippen MR) is 66.7 cm³/mol. The Hall–Kier alpha value is -0.520. The molecule has 0 aromatic carbocycles. The highest BCUT2D eigenvalue weighted by atomic mass is 14.3. The molecule has 0 aromatic heterocycles. The van der Waals surface area contributed by atoms with Crippen LogP contribution in [0.1, 0.15) is 53.4 Å². The zero-order valence-electron chi connectivity index (χ0n) is 10.6. The summed E-state index contributed by atoms with van der Waals surface area (Å²) in [6, 6.07) is 0. The van der Waals surface area contributed by atoms with E-state index in [4.69, 9.17) is 0 Å². The molecule has 0 nitrogen and oxygen atoms in total. The fourth-order valence-electron chi connectivity index (χ4n) is 3.18. The van der Waals surface area contributed by atoms with Crippen LogP contribution in [0.3, 0.4) is 0 Å². The smallest absolute Gasteiger partial charge is 0.0136 e. The molecular weight excluding hydrogens is 180 g/mol. The minimum Gasteiger partial charge on any atom is -0.0779 e. The number of allylic oxidation sites excluding steroid dienone is 4. The van der Waals surface area contributed by atoms with E-state index < -0.39 is 0 Å². The molecule has 0 aliphatic heterocycles. The minimum absolute atomic E-state index is 0.802. The van der Waals surface area contributed by atoms with Gasteiger partial charge in [-0.3, -0.25) is 0 Å². The molecule has 0 unspecified atom stereocenters. The average molecular weight is 204 g/mol. The molecule has 0 fully saturated rings. The van der Waals surface area contributed by atoms with Gasteiger partial charge in [0.1, 0.15) is 0 Å². The Kier molecular flexibility index (Phi) is 3.04. The molecule has 0 aromatic rings. The topological polar surface area (TPSA) is 0 Å². The van der Waals surface area contributed by atoms with Crippen molar-refractivity contribution in [3.05, 3.63) is 22.8 Å². The summed E-state index contributed by atoms with van der Waals surface area (Å²) in [4.78, 5) is 0. The van der Waals surface area contributed by atoms with Crippen LogP contribution in [0.15, 0.2) is 22.8 Å². The normalized spacial score (nSPS) is 31.7. The van der Waals surface area contributed by atoms with Crippen LogP contribution in [-0.2, 0) is 0 Å². The molecule has 0 bridgehead atoms. The third kappa shape index (κ3) is 2.04. The molecule has 0 saturated heterocycles. The molecule has 0 amide bonds. The van der Waals surface area contributed by atoms with Gasteiger partial charge in [-0.25, -0.2) is 0 Å². The lowest BCUT2D eigenvalue weighted by molar-refractivity contribution is 0.391. The number of hydrogen-bond donors (Lipinski definition) is 0. The summed E-state index contributed by atoms with van der Waals surface area (Å²) in [5, 5.41) is 0. The van der Waals surface area contributed by atoms with Crippen molar-refractivity contribution in [2.24, 2.45) is 17.8 Å². The van der Waals surface area contributed by atoms with Crippen molar-refractivity contribution in [1.29, 1.82) is 0 Å². The first-order valence-corrected chi connectivity index (χ1v) is 6.50. The lowest BCUT2D eigenvalue weighted by Crippen LogP contribution is -2.21. The average Bonchev–Trinajstić information content (AvgIpc) is 2.17. The van der Waals surface area contributed by atoms with Crippen molar-refractivity contribution >= 4 is 0 Å². The number of rotatable bonds is 1. The fourth-order valence-corrected chi connectivity index (χ4v) is 3.18. The molecule has 0 saturated carbocycles. The van der Waals surface area contributed by atoms with Gasteiger partial charge in [0.2, 0.25) is 0 Å². The van der Waals surface area contributed by atoms with Gasteiger partial charge in [-0.15, -0.1) is 0 Å². The predicted octanol–water partition coefficient (Wildman–Crippen LogP) is 4.73. The van der Waals surface area contributed by atoms with Gasteiger partial charge in [-0.1, -0.05) is 32.4 Å². The quantitative estimate of drug-likeness (QED) is 0.579. The van der Waals surface area contributed by atoms with Crippen LogP contribution < -0.4 is 0 Å². The molecule has 2 aliphatic carbocycles. The van der Waals surface area contributed by atoms with Crippen molar-refractivity contribution in [2.75, 3.05) is 0 Å². The van der Waals surface area contributed by atoms with Gasteiger partial charge < -0.3 is 0 Å². The summed E-state index contributed by atoms with van der Waals surface area (Å²) >= 11 is 0. The number of hydrogen-bond acceptors (Lipinski definition) is 0. The summed E-state index contributed by atoms with van der Waals surface area (Å²) in [5.41, 5.74) is 5.11. The van der Waals surface area contributed by atoms with Gasteiger partial charge in [0.15, 0.2) is 0 Å².